The topological polar surface area (TPSA) is 26.3 Å². The van der Waals surface area contributed by atoms with Gasteiger partial charge >= 0.3 is 5.97 Å². The molecule has 2 aliphatic heterocycles. The van der Waals surface area contributed by atoms with Crippen molar-refractivity contribution in [3.63, 3.8) is 0 Å². The van der Waals surface area contributed by atoms with Crippen LogP contribution in [0.1, 0.15) is 56.6 Å². The Labute approximate surface area is 173 Å². The van der Waals surface area contributed by atoms with E-state index in [0.717, 1.165) is 16.6 Å². The van der Waals surface area contributed by atoms with E-state index in [1.807, 2.05) is 25.1 Å². The number of carbonyl (C=O) groups excluding carboxylic acids is 1. The average Bonchev–Trinajstić information content (AvgIpc) is 2.73. The third kappa shape index (κ3) is 4.17. The summed E-state index contributed by atoms with van der Waals surface area (Å²) in [4.78, 5) is 13.2. The molecule has 2 nitrogen and oxygen atoms in total. The summed E-state index contributed by atoms with van der Waals surface area (Å²) < 4.78 is 19.1. The molecule has 0 unspecified atom stereocenters. The molecular weight excluding hydrogens is 362 g/mol. The number of fused-ring (bicyclic) bond motifs is 2. The molecule has 4 rings (SSSR count). The second-order valence-corrected chi connectivity index (χ2v) is 8.29. The summed E-state index contributed by atoms with van der Waals surface area (Å²) in [5.74, 6) is 0.597. The Kier molecular flexibility index (Phi) is 6.18. The van der Waals surface area contributed by atoms with Crippen molar-refractivity contribution in [1.82, 2.24) is 0 Å². The maximum Gasteiger partial charge on any atom is 0.338 e. The minimum absolute atomic E-state index is 0.298. The van der Waals surface area contributed by atoms with Gasteiger partial charge in [0.25, 0.3) is 0 Å². The van der Waals surface area contributed by atoms with E-state index in [1.165, 1.54) is 50.7 Å². The van der Waals surface area contributed by atoms with Gasteiger partial charge in [0, 0.05) is 0 Å². The van der Waals surface area contributed by atoms with E-state index < -0.39 is 0 Å². The molecule has 0 N–H and O–H groups in total. The van der Waals surface area contributed by atoms with Crippen LogP contribution in [0.15, 0.2) is 54.6 Å². The molecule has 0 radical (unpaired) electrons. The van der Waals surface area contributed by atoms with Gasteiger partial charge in [-0.05, 0) is 30.2 Å². The second-order valence-electron chi connectivity index (χ2n) is 8.29. The van der Waals surface area contributed by atoms with Gasteiger partial charge < -0.3 is 4.74 Å². The lowest BCUT2D eigenvalue weighted by Gasteiger charge is -2.42. The van der Waals surface area contributed by atoms with Gasteiger partial charge in [0.2, 0.25) is 0 Å². The van der Waals surface area contributed by atoms with Crippen LogP contribution in [0.5, 0.6) is 0 Å². The van der Waals surface area contributed by atoms with Crippen LogP contribution >= 0.6 is 0 Å². The first-order chi connectivity index (χ1) is 14.2. The first-order valence-electron chi connectivity index (χ1n) is 10.9. The molecule has 0 aromatic heterocycles. The smallest absolute Gasteiger partial charge is 0.338 e. The van der Waals surface area contributed by atoms with Crippen LogP contribution < -0.4 is 0 Å². The summed E-state index contributed by atoms with van der Waals surface area (Å²) in [6.45, 7) is 2.50. The molecule has 0 aliphatic carbocycles. The normalized spacial score (nSPS) is 22.1. The molecule has 2 aromatic carbocycles. The monoisotopic (exact) mass is 390 g/mol. The number of halogens is 1. The predicted octanol–water partition coefficient (Wildman–Crippen LogP) is 6.44. The Hall–Kier alpha value is -2.36. The van der Waals surface area contributed by atoms with Gasteiger partial charge in [0.1, 0.15) is 5.82 Å². The number of benzene rings is 2. The standard InChI is InChI=1S/C25H28BFO2/c1-2-29-25(28)23(18-14-16-22(27)17-15-18)24(19-8-4-3-5-9-19)26-20-10-6-11-21(26)13-7-12-20/h3-5,8-9,14-17,20-21H,2,6-7,10-13H2,1H3/b24-23-. The quantitative estimate of drug-likeness (QED) is 0.254. The number of rotatable bonds is 5. The van der Waals surface area contributed by atoms with E-state index in [2.05, 4.69) is 12.1 Å². The highest BCUT2D eigenvalue weighted by Crippen LogP contribution is 2.52. The number of hydrogen-bond donors (Lipinski definition) is 0. The molecule has 0 amide bonds. The number of hydrogen-bond acceptors (Lipinski definition) is 2. The number of carbonyl (C=O) groups is 1. The highest BCUT2D eigenvalue weighted by Gasteiger charge is 2.43. The van der Waals surface area contributed by atoms with E-state index in [4.69, 9.17) is 4.74 Å². The van der Waals surface area contributed by atoms with Gasteiger partial charge in [-0.3, -0.25) is 0 Å². The van der Waals surface area contributed by atoms with Crippen molar-refractivity contribution >= 4 is 23.7 Å². The summed E-state index contributed by atoms with van der Waals surface area (Å²) in [6, 6.07) is 16.5. The molecule has 29 heavy (non-hydrogen) atoms. The molecule has 0 atom stereocenters. The maximum absolute atomic E-state index is 13.6. The first kappa shape index (κ1) is 19.9. The molecule has 2 bridgehead atoms. The Balaban J connectivity index is 1.95. The Morgan fingerprint density at radius 3 is 2.07 bits per heavy atom. The van der Waals surface area contributed by atoms with E-state index in [1.54, 1.807) is 12.1 Å². The van der Waals surface area contributed by atoms with Gasteiger partial charge in [0.15, 0.2) is 6.71 Å². The van der Waals surface area contributed by atoms with E-state index in [9.17, 15) is 9.18 Å². The molecular formula is C25H28BFO2. The molecule has 2 aromatic rings. The lowest BCUT2D eigenvalue weighted by molar-refractivity contribution is -0.136. The fourth-order valence-corrected chi connectivity index (χ4v) is 5.47. The summed E-state index contributed by atoms with van der Waals surface area (Å²) >= 11 is 0. The first-order valence-corrected chi connectivity index (χ1v) is 10.9. The van der Waals surface area contributed by atoms with E-state index in [-0.39, 0.29) is 11.8 Å². The van der Waals surface area contributed by atoms with Crippen molar-refractivity contribution in [2.24, 2.45) is 0 Å². The third-order valence-corrected chi connectivity index (χ3v) is 6.62. The van der Waals surface area contributed by atoms with Crippen molar-refractivity contribution in [2.75, 3.05) is 6.61 Å². The van der Waals surface area contributed by atoms with Crippen molar-refractivity contribution < 1.29 is 13.9 Å². The van der Waals surface area contributed by atoms with Crippen molar-refractivity contribution in [2.45, 2.75) is 57.1 Å². The summed E-state index contributed by atoms with van der Waals surface area (Å²) in [6.07, 6.45) is 7.43. The molecule has 0 saturated carbocycles. The molecule has 150 valence electrons. The third-order valence-electron chi connectivity index (χ3n) is 6.62. The zero-order chi connectivity index (χ0) is 20.2. The summed E-state index contributed by atoms with van der Waals surface area (Å²) in [5, 5.41) is 0. The molecule has 2 fully saturated rings. The second kappa shape index (κ2) is 8.98. The Morgan fingerprint density at radius 1 is 0.931 bits per heavy atom. The van der Waals surface area contributed by atoms with Gasteiger partial charge in [-0.1, -0.05) is 98.1 Å². The lowest BCUT2D eigenvalue weighted by atomic mass is 9.23. The van der Waals surface area contributed by atoms with Crippen molar-refractivity contribution in [1.29, 1.82) is 0 Å². The van der Waals surface area contributed by atoms with Crippen LogP contribution in [-0.4, -0.2) is 19.3 Å². The predicted molar refractivity (Wildman–Crippen MR) is 117 cm³/mol. The van der Waals surface area contributed by atoms with Crippen LogP contribution in [0.2, 0.25) is 11.6 Å². The zero-order valence-electron chi connectivity index (χ0n) is 17.1. The SMILES string of the molecule is CCOC(=O)/C(=C(\B1C2CCCC1CCC2)c1ccccc1)c1ccc(F)cc1. The van der Waals surface area contributed by atoms with E-state index in [0.29, 0.717) is 30.5 Å². The van der Waals surface area contributed by atoms with Crippen LogP contribution in [0, 0.1) is 5.82 Å². The molecule has 0 spiro atoms. The number of ether oxygens (including phenoxy) is 1. The van der Waals surface area contributed by atoms with E-state index >= 15 is 0 Å². The van der Waals surface area contributed by atoms with Crippen LogP contribution in [0.25, 0.3) is 11.0 Å². The number of esters is 1. The fraction of sp³-hybridized carbons (Fsp3) is 0.400. The lowest BCUT2D eigenvalue weighted by Crippen LogP contribution is -2.37. The molecule has 2 saturated heterocycles. The largest absolute Gasteiger partial charge is 0.462 e. The highest BCUT2D eigenvalue weighted by atomic mass is 19.1. The highest BCUT2D eigenvalue weighted by molar-refractivity contribution is 6.84. The zero-order valence-corrected chi connectivity index (χ0v) is 17.1. The molecule has 4 heteroatoms. The molecule has 2 heterocycles. The fourth-order valence-electron chi connectivity index (χ4n) is 5.47. The minimum atomic E-state index is -0.304. The van der Waals surface area contributed by atoms with Crippen molar-refractivity contribution in [3.05, 3.63) is 71.5 Å². The van der Waals surface area contributed by atoms with Gasteiger partial charge in [-0.15, -0.1) is 0 Å². The summed E-state index contributed by atoms with van der Waals surface area (Å²) in [7, 11) is 0. The van der Waals surface area contributed by atoms with Gasteiger partial charge in [-0.25, -0.2) is 9.18 Å². The minimum Gasteiger partial charge on any atom is -0.462 e. The average molecular weight is 390 g/mol. The van der Waals surface area contributed by atoms with Crippen LogP contribution in [0.3, 0.4) is 0 Å². The van der Waals surface area contributed by atoms with Crippen molar-refractivity contribution in [3.8, 4) is 0 Å². The maximum atomic E-state index is 13.6. The summed E-state index contributed by atoms with van der Waals surface area (Å²) in [5.41, 5.74) is 3.54. The Morgan fingerprint density at radius 2 is 1.52 bits per heavy atom. The van der Waals surface area contributed by atoms with Crippen LogP contribution in [0.4, 0.5) is 4.39 Å². The van der Waals surface area contributed by atoms with Gasteiger partial charge in [0.05, 0.1) is 12.2 Å². The van der Waals surface area contributed by atoms with Crippen LogP contribution in [-0.2, 0) is 9.53 Å². The van der Waals surface area contributed by atoms with Gasteiger partial charge in [-0.2, -0.15) is 0 Å². The molecule has 2 aliphatic rings. The Bertz CT molecular complexity index is 853.